The predicted octanol–water partition coefficient (Wildman–Crippen LogP) is 2.97. The maximum absolute atomic E-state index is 13.0. The lowest BCUT2D eigenvalue weighted by molar-refractivity contribution is -0.732. The summed E-state index contributed by atoms with van der Waals surface area (Å²) in [5.41, 5.74) is 1.16. The van der Waals surface area contributed by atoms with Crippen LogP contribution in [0, 0.1) is 0 Å². The Morgan fingerprint density at radius 2 is 1.71 bits per heavy atom. The van der Waals surface area contributed by atoms with E-state index < -0.39 is 5.91 Å². The number of tetrazole rings is 1. The molecule has 0 amide bonds. The standard InChI is InChI=1S/C20H13ClN4O3/c21-14-8-10-15(11-9-14)24-22-19(13-4-3-5-16(26)12-13)23-25(24)20(28)17-6-1-2-7-18(17)27/h1-12H,(H-,26,27,28)/p+1. The van der Waals surface area contributed by atoms with Crippen LogP contribution in [0.1, 0.15) is 10.4 Å². The fraction of sp³-hybridized carbons (Fsp3) is 0. The fourth-order valence-electron chi connectivity index (χ4n) is 2.68. The van der Waals surface area contributed by atoms with Crippen molar-refractivity contribution in [1.29, 1.82) is 0 Å². The van der Waals surface area contributed by atoms with Crippen LogP contribution in [0.2, 0.25) is 5.02 Å². The number of aromatic nitrogens is 4. The van der Waals surface area contributed by atoms with E-state index in [0.29, 0.717) is 16.3 Å². The molecule has 4 rings (SSSR count). The van der Waals surface area contributed by atoms with Crippen LogP contribution in [-0.4, -0.2) is 31.1 Å². The molecule has 4 aromatic rings. The third-order valence-electron chi connectivity index (χ3n) is 4.04. The summed E-state index contributed by atoms with van der Waals surface area (Å²) in [6.45, 7) is 0. The largest absolute Gasteiger partial charge is 0.508 e. The molecule has 0 aliphatic rings. The zero-order valence-corrected chi connectivity index (χ0v) is 15.2. The second-order valence-corrected chi connectivity index (χ2v) is 6.39. The highest BCUT2D eigenvalue weighted by molar-refractivity contribution is 6.30. The van der Waals surface area contributed by atoms with Gasteiger partial charge in [0.15, 0.2) is 5.69 Å². The van der Waals surface area contributed by atoms with E-state index in [0.717, 1.165) is 4.80 Å². The Labute approximate surface area is 164 Å². The minimum Gasteiger partial charge on any atom is -0.508 e. The smallest absolute Gasteiger partial charge is 0.343 e. The van der Waals surface area contributed by atoms with E-state index in [1.807, 2.05) is 0 Å². The number of rotatable bonds is 3. The monoisotopic (exact) mass is 393 g/mol. The molecule has 0 radical (unpaired) electrons. The van der Waals surface area contributed by atoms with Crippen LogP contribution in [0.3, 0.4) is 0 Å². The van der Waals surface area contributed by atoms with Gasteiger partial charge in [-0.1, -0.05) is 29.8 Å². The Bertz CT molecular complexity index is 1170. The predicted molar refractivity (Wildman–Crippen MR) is 102 cm³/mol. The zero-order chi connectivity index (χ0) is 19.7. The molecule has 3 aromatic carbocycles. The second kappa shape index (κ2) is 7.13. The number of phenols is 2. The summed E-state index contributed by atoms with van der Waals surface area (Å²) < 4.78 is 0. The summed E-state index contributed by atoms with van der Waals surface area (Å²) in [5, 5.41) is 29.0. The number of carbonyl (C=O) groups is 1. The Kier molecular flexibility index (Phi) is 4.50. The SMILES string of the molecule is O=C(c1ccccc1O)n1nc(-c2cccc(O)c2)n[n+]1-c1ccc(Cl)cc1. The van der Waals surface area contributed by atoms with Gasteiger partial charge < -0.3 is 10.2 Å². The molecule has 1 heterocycles. The van der Waals surface area contributed by atoms with Crippen LogP contribution in [0.4, 0.5) is 0 Å². The highest BCUT2D eigenvalue weighted by Crippen LogP contribution is 2.21. The average molecular weight is 394 g/mol. The number of para-hydroxylation sites is 1. The van der Waals surface area contributed by atoms with E-state index in [1.165, 1.54) is 29.1 Å². The first kappa shape index (κ1) is 17.7. The van der Waals surface area contributed by atoms with Crippen molar-refractivity contribution in [3.8, 4) is 28.6 Å². The molecule has 0 spiro atoms. The Balaban J connectivity index is 1.89. The normalized spacial score (nSPS) is 10.8. The minimum absolute atomic E-state index is 0.0546. The van der Waals surface area contributed by atoms with Crippen LogP contribution in [0.25, 0.3) is 17.1 Å². The average Bonchev–Trinajstić information content (AvgIpc) is 3.14. The molecule has 0 bridgehead atoms. The Hall–Kier alpha value is -3.71. The molecule has 138 valence electrons. The molecule has 8 heteroatoms. The van der Waals surface area contributed by atoms with Gasteiger partial charge in [0.2, 0.25) is 0 Å². The summed E-state index contributed by atoms with van der Waals surface area (Å²) in [7, 11) is 0. The molecular weight excluding hydrogens is 380 g/mol. The maximum atomic E-state index is 13.0. The van der Waals surface area contributed by atoms with Crippen molar-refractivity contribution in [1.82, 2.24) is 15.0 Å². The van der Waals surface area contributed by atoms with Crippen molar-refractivity contribution in [2.75, 3.05) is 0 Å². The number of carbonyl (C=O) groups excluding carboxylic acids is 1. The van der Waals surface area contributed by atoms with Gasteiger partial charge in [-0.25, -0.2) is 0 Å². The third-order valence-corrected chi connectivity index (χ3v) is 4.29. The van der Waals surface area contributed by atoms with E-state index in [1.54, 1.807) is 48.5 Å². The Morgan fingerprint density at radius 1 is 0.964 bits per heavy atom. The highest BCUT2D eigenvalue weighted by Gasteiger charge is 2.29. The number of halogens is 1. The van der Waals surface area contributed by atoms with E-state index in [-0.39, 0.29) is 22.9 Å². The van der Waals surface area contributed by atoms with E-state index >= 15 is 0 Å². The van der Waals surface area contributed by atoms with Gasteiger partial charge in [0, 0.05) is 5.02 Å². The summed E-state index contributed by atoms with van der Waals surface area (Å²) in [6, 6.07) is 19.3. The summed E-state index contributed by atoms with van der Waals surface area (Å²) in [5.74, 6) is -0.440. The molecular formula is C20H14ClN4O3+. The van der Waals surface area contributed by atoms with Crippen LogP contribution < -0.4 is 4.80 Å². The number of phenolic OH excluding ortho intramolecular Hbond substituents is 2. The van der Waals surface area contributed by atoms with Crippen molar-refractivity contribution >= 4 is 17.5 Å². The van der Waals surface area contributed by atoms with Crippen LogP contribution in [0.5, 0.6) is 11.5 Å². The van der Waals surface area contributed by atoms with Crippen molar-refractivity contribution in [2.45, 2.75) is 0 Å². The van der Waals surface area contributed by atoms with E-state index in [4.69, 9.17) is 11.6 Å². The molecule has 0 atom stereocenters. The molecule has 0 saturated carbocycles. The summed E-state index contributed by atoms with van der Waals surface area (Å²) in [6.07, 6.45) is 0. The lowest BCUT2D eigenvalue weighted by atomic mass is 10.2. The van der Waals surface area contributed by atoms with Crippen molar-refractivity contribution < 1.29 is 19.8 Å². The quantitative estimate of drug-likeness (QED) is 0.522. The first-order valence-corrected chi connectivity index (χ1v) is 8.68. The first-order chi connectivity index (χ1) is 13.5. The molecule has 0 unspecified atom stereocenters. The molecule has 28 heavy (non-hydrogen) atoms. The number of aromatic hydroxyl groups is 2. The van der Waals surface area contributed by atoms with Gasteiger partial charge in [-0.15, -0.1) is 0 Å². The van der Waals surface area contributed by atoms with Gasteiger partial charge in [0.05, 0.1) is 21.0 Å². The summed E-state index contributed by atoms with van der Waals surface area (Å²) >= 11 is 5.96. The summed E-state index contributed by atoms with van der Waals surface area (Å²) in [4.78, 5) is 15.4. The van der Waals surface area contributed by atoms with Crippen LogP contribution >= 0.6 is 11.6 Å². The number of benzene rings is 3. The first-order valence-electron chi connectivity index (χ1n) is 8.30. The van der Waals surface area contributed by atoms with E-state index in [9.17, 15) is 15.0 Å². The minimum atomic E-state index is -0.563. The molecule has 0 aliphatic heterocycles. The Morgan fingerprint density at radius 3 is 2.43 bits per heavy atom. The molecule has 2 N–H and O–H groups in total. The van der Waals surface area contributed by atoms with Crippen LogP contribution in [0.15, 0.2) is 72.8 Å². The van der Waals surface area contributed by atoms with Gasteiger partial charge in [-0.05, 0) is 64.5 Å². The van der Waals surface area contributed by atoms with Gasteiger partial charge in [0.1, 0.15) is 11.5 Å². The van der Waals surface area contributed by atoms with Gasteiger partial charge in [-0.3, -0.25) is 4.79 Å². The lowest BCUT2D eigenvalue weighted by Gasteiger charge is -2.01. The molecule has 0 aliphatic carbocycles. The topological polar surface area (TPSA) is 92.1 Å². The number of nitrogens with zero attached hydrogens (tertiary/aromatic N) is 4. The highest BCUT2D eigenvalue weighted by atomic mass is 35.5. The van der Waals surface area contributed by atoms with Crippen molar-refractivity contribution in [2.24, 2.45) is 0 Å². The third kappa shape index (κ3) is 3.30. The molecule has 0 fully saturated rings. The van der Waals surface area contributed by atoms with Gasteiger partial charge >= 0.3 is 11.7 Å². The fourth-order valence-corrected chi connectivity index (χ4v) is 2.81. The zero-order valence-electron chi connectivity index (χ0n) is 14.4. The second-order valence-electron chi connectivity index (χ2n) is 5.95. The van der Waals surface area contributed by atoms with Gasteiger partial charge in [-0.2, -0.15) is 0 Å². The number of hydrogen-bond acceptors (Lipinski definition) is 5. The molecule has 0 saturated heterocycles. The van der Waals surface area contributed by atoms with Crippen LogP contribution in [-0.2, 0) is 0 Å². The maximum Gasteiger partial charge on any atom is 0.343 e. The molecule has 7 nitrogen and oxygen atoms in total. The van der Waals surface area contributed by atoms with Crippen molar-refractivity contribution in [3.05, 3.63) is 83.4 Å². The van der Waals surface area contributed by atoms with E-state index in [2.05, 4.69) is 10.2 Å². The number of hydrogen-bond donors (Lipinski definition) is 2. The van der Waals surface area contributed by atoms with Crippen molar-refractivity contribution in [3.63, 3.8) is 0 Å². The molecule has 1 aromatic heterocycles. The lowest BCUT2D eigenvalue weighted by Crippen LogP contribution is -2.47. The van der Waals surface area contributed by atoms with Gasteiger partial charge in [0.25, 0.3) is 0 Å².